The summed E-state index contributed by atoms with van der Waals surface area (Å²) < 4.78 is 0. The SMILES string of the molecule is O=C([C@H]1CCCNC1)N1CCCC1Cc1ccccc1. The summed E-state index contributed by atoms with van der Waals surface area (Å²) in [5.74, 6) is 0.593. The first-order valence-corrected chi connectivity index (χ1v) is 7.90. The number of benzene rings is 1. The third-order valence-electron chi connectivity index (χ3n) is 4.62. The van der Waals surface area contributed by atoms with Gasteiger partial charge in [0, 0.05) is 19.1 Å². The number of amides is 1. The molecule has 0 aliphatic carbocycles. The first kappa shape index (κ1) is 13.6. The minimum atomic E-state index is 0.208. The van der Waals surface area contributed by atoms with E-state index in [0.29, 0.717) is 11.9 Å². The van der Waals surface area contributed by atoms with Gasteiger partial charge in [0.25, 0.3) is 0 Å². The molecule has 1 aromatic rings. The predicted octanol–water partition coefficient (Wildman–Crippen LogP) is 2.22. The lowest BCUT2D eigenvalue weighted by atomic mass is 9.97. The standard InChI is InChI=1S/C17H24N2O/c20-17(15-8-4-10-18-13-15)19-11-5-9-16(19)12-14-6-2-1-3-7-14/h1-3,6-7,15-16,18H,4-5,8-13H2/t15-,16?/m0/s1. The van der Waals surface area contributed by atoms with Gasteiger partial charge in [-0.2, -0.15) is 0 Å². The summed E-state index contributed by atoms with van der Waals surface area (Å²) in [6.45, 7) is 2.89. The molecular weight excluding hydrogens is 248 g/mol. The molecule has 1 amide bonds. The van der Waals surface area contributed by atoms with Crippen LogP contribution in [0.5, 0.6) is 0 Å². The topological polar surface area (TPSA) is 32.3 Å². The maximum absolute atomic E-state index is 12.7. The van der Waals surface area contributed by atoms with Gasteiger partial charge in [-0.1, -0.05) is 30.3 Å². The molecule has 3 heteroatoms. The molecule has 0 saturated carbocycles. The minimum absolute atomic E-state index is 0.208. The van der Waals surface area contributed by atoms with Crippen LogP contribution in [-0.4, -0.2) is 36.5 Å². The van der Waals surface area contributed by atoms with Crippen molar-refractivity contribution in [1.29, 1.82) is 0 Å². The summed E-state index contributed by atoms with van der Waals surface area (Å²) in [6.07, 6.45) is 5.50. The van der Waals surface area contributed by atoms with E-state index in [1.54, 1.807) is 0 Å². The Morgan fingerprint density at radius 2 is 2.05 bits per heavy atom. The van der Waals surface area contributed by atoms with Crippen molar-refractivity contribution in [3.63, 3.8) is 0 Å². The Bertz CT molecular complexity index is 440. The lowest BCUT2D eigenvalue weighted by Gasteiger charge is -2.31. The van der Waals surface area contributed by atoms with Crippen LogP contribution in [0.25, 0.3) is 0 Å². The molecule has 20 heavy (non-hydrogen) atoms. The number of piperidine rings is 1. The van der Waals surface area contributed by atoms with E-state index in [2.05, 4.69) is 40.5 Å². The summed E-state index contributed by atoms with van der Waals surface area (Å²) in [6, 6.07) is 11.0. The molecule has 0 spiro atoms. The van der Waals surface area contributed by atoms with E-state index in [1.807, 2.05) is 0 Å². The number of hydrogen-bond acceptors (Lipinski definition) is 2. The molecule has 2 fully saturated rings. The molecule has 2 saturated heterocycles. The number of likely N-dealkylation sites (tertiary alicyclic amines) is 1. The van der Waals surface area contributed by atoms with Crippen LogP contribution in [0, 0.1) is 5.92 Å². The van der Waals surface area contributed by atoms with E-state index >= 15 is 0 Å². The Labute approximate surface area is 121 Å². The van der Waals surface area contributed by atoms with Crippen LogP contribution in [-0.2, 0) is 11.2 Å². The summed E-state index contributed by atoms with van der Waals surface area (Å²) >= 11 is 0. The van der Waals surface area contributed by atoms with Crippen LogP contribution < -0.4 is 5.32 Å². The van der Waals surface area contributed by atoms with Crippen molar-refractivity contribution < 1.29 is 4.79 Å². The second-order valence-electron chi connectivity index (χ2n) is 6.06. The van der Waals surface area contributed by atoms with Crippen molar-refractivity contribution in [2.75, 3.05) is 19.6 Å². The smallest absolute Gasteiger partial charge is 0.227 e. The zero-order valence-electron chi connectivity index (χ0n) is 12.1. The number of nitrogens with zero attached hydrogens (tertiary/aromatic N) is 1. The molecular formula is C17H24N2O. The maximum atomic E-state index is 12.7. The van der Waals surface area contributed by atoms with Gasteiger partial charge in [-0.15, -0.1) is 0 Å². The lowest BCUT2D eigenvalue weighted by molar-refractivity contribution is -0.136. The highest BCUT2D eigenvalue weighted by molar-refractivity contribution is 5.79. The second kappa shape index (κ2) is 6.40. The van der Waals surface area contributed by atoms with Gasteiger partial charge in [0.15, 0.2) is 0 Å². The normalized spacial score (nSPS) is 26.7. The highest BCUT2D eigenvalue weighted by Crippen LogP contribution is 2.25. The van der Waals surface area contributed by atoms with E-state index in [1.165, 1.54) is 5.56 Å². The molecule has 3 nitrogen and oxygen atoms in total. The predicted molar refractivity (Wildman–Crippen MR) is 80.5 cm³/mol. The molecule has 0 radical (unpaired) electrons. The Morgan fingerprint density at radius 1 is 1.20 bits per heavy atom. The molecule has 0 bridgehead atoms. The Kier molecular flexibility index (Phi) is 4.36. The summed E-state index contributed by atoms with van der Waals surface area (Å²) in [5, 5.41) is 3.36. The molecule has 1 aromatic carbocycles. The lowest BCUT2D eigenvalue weighted by Crippen LogP contribution is -2.45. The van der Waals surface area contributed by atoms with Crippen molar-refractivity contribution in [2.45, 2.75) is 38.1 Å². The molecule has 2 heterocycles. The van der Waals surface area contributed by atoms with Gasteiger partial charge in [-0.3, -0.25) is 4.79 Å². The molecule has 2 aliphatic heterocycles. The number of carbonyl (C=O) groups excluding carboxylic acids is 1. The Morgan fingerprint density at radius 3 is 2.80 bits per heavy atom. The van der Waals surface area contributed by atoms with Gasteiger partial charge in [-0.05, 0) is 44.2 Å². The molecule has 2 atom stereocenters. The van der Waals surface area contributed by atoms with Gasteiger partial charge < -0.3 is 10.2 Å². The third-order valence-corrected chi connectivity index (χ3v) is 4.62. The fraction of sp³-hybridized carbons (Fsp3) is 0.588. The van der Waals surface area contributed by atoms with Gasteiger partial charge in [0.2, 0.25) is 5.91 Å². The second-order valence-corrected chi connectivity index (χ2v) is 6.06. The maximum Gasteiger partial charge on any atom is 0.227 e. The summed E-state index contributed by atoms with van der Waals surface area (Å²) in [7, 11) is 0. The van der Waals surface area contributed by atoms with E-state index < -0.39 is 0 Å². The minimum Gasteiger partial charge on any atom is -0.339 e. The fourth-order valence-corrected chi connectivity index (χ4v) is 3.52. The monoisotopic (exact) mass is 272 g/mol. The fourth-order valence-electron chi connectivity index (χ4n) is 3.52. The van der Waals surface area contributed by atoms with Crippen LogP contribution in [0.2, 0.25) is 0 Å². The van der Waals surface area contributed by atoms with Crippen LogP contribution in [0.1, 0.15) is 31.2 Å². The molecule has 1 N–H and O–H groups in total. The number of nitrogens with one attached hydrogen (secondary N) is 1. The van der Waals surface area contributed by atoms with Crippen molar-refractivity contribution in [1.82, 2.24) is 10.2 Å². The van der Waals surface area contributed by atoms with E-state index in [-0.39, 0.29) is 5.92 Å². The first-order valence-electron chi connectivity index (χ1n) is 7.90. The molecule has 1 unspecified atom stereocenters. The highest BCUT2D eigenvalue weighted by Gasteiger charge is 2.33. The summed E-state index contributed by atoms with van der Waals surface area (Å²) in [5.41, 5.74) is 1.35. The number of hydrogen-bond donors (Lipinski definition) is 1. The van der Waals surface area contributed by atoms with Crippen LogP contribution in [0.15, 0.2) is 30.3 Å². The summed E-state index contributed by atoms with van der Waals surface area (Å²) in [4.78, 5) is 14.8. The van der Waals surface area contributed by atoms with Crippen molar-refractivity contribution in [3.8, 4) is 0 Å². The quantitative estimate of drug-likeness (QED) is 0.915. The zero-order valence-corrected chi connectivity index (χ0v) is 12.1. The van der Waals surface area contributed by atoms with Gasteiger partial charge >= 0.3 is 0 Å². The number of rotatable bonds is 3. The van der Waals surface area contributed by atoms with E-state index in [4.69, 9.17) is 0 Å². The van der Waals surface area contributed by atoms with Crippen LogP contribution in [0.3, 0.4) is 0 Å². The largest absolute Gasteiger partial charge is 0.339 e. The average Bonchev–Trinajstić information content (AvgIpc) is 2.96. The first-order chi connectivity index (χ1) is 9.84. The molecule has 2 aliphatic rings. The van der Waals surface area contributed by atoms with Crippen molar-refractivity contribution >= 4 is 5.91 Å². The van der Waals surface area contributed by atoms with Gasteiger partial charge in [-0.25, -0.2) is 0 Å². The Balaban J connectivity index is 1.64. The van der Waals surface area contributed by atoms with E-state index in [0.717, 1.165) is 51.7 Å². The third kappa shape index (κ3) is 3.04. The van der Waals surface area contributed by atoms with E-state index in [9.17, 15) is 4.79 Å². The van der Waals surface area contributed by atoms with Crippen LogP contribution >= 0.6 is 0 Å². The number of carbonyl (C=O) groups is 1. The zero-order chi connectivity index (χ0) is 13.8. The molecule has 108 valence electrons. The van der Waals surface area contributed by atoms with Crippen molar-refractivity contribution in [3.05, 3.63) is 35.9 Å². The molecule has 3 rings (SSSR count). The van der Waals surface area contributed by atoms with Gasteiger partial charge in [0.1, 0.15) is 0 Å². The molecule has 0 aromatic heterocycles. The Hall–Kier alpha value is -1.35. The average molecular weight is 272 g/mol. The van der Waals surface area contributed by atoms with Gasteiger partial charge in [0.05, 0.1) is 5.92 Å². The van der Waals surface area contributed by atoms with Crippen molar-refractivity contribution in [2.24, 2.45) is 5.92 Å². The van der Waals surface area contributed by atoms with Crippen LogP contribution in [0.4, 0.5) is 0 Å². The highest BCUT2D eigenvalue weighted by atomic mass is 16.2.